The van der Waals surface area contributed by atoms with Gasteiger partial charge in [0.15, 0.2) is 0 Å². The maximum Gasteiger partial charge on any atom is 0.0494 e. The molecule has 0 aliphatic rings. The smallest absolute Gasteiger partial charge is 0.0494 e. The van der Waals surface area contributed by atoms with Crippen molar-refractivity contribution in [2.75, 3.05) is 26.7 Å². The minimum absolute atomic E-state index is 0.0208. The lowest BCUT2D eigenvalue weighted by Crippen LogP contribution is -2.35. The summed E-state index contributed by atoms with van der Waals surface area (Å²) >= 11 is 0. The monoisotopic (exact) mass is 222 g/mol. The predicted molar refractivity (Wildman–Crippen MR) is 66.3 cm³/mol. The summed E-state index contributed by atoms with van der Waals surface area (Å²) in [5, 5.41) is 9.19. The molecule has 1 N–H and O–H groups in total. The van der Waals surface area contributed by atoms with Gasteiger partial charge >= 0.3 is 0 Å². The Morgan fingerprint density at radius 1 is 1.31 bits per heavy atom. The maximum absolute atomic E-state index is 9.19. The summed E-state index contributed by atoms with van der Waals surface area (Å²) in [4.78, 5) is 6.26. The molecule has 0 saturated carbocycles. The van der Waals surface area contributed by atoms with E-state index in [0.717, 1.165) is 19.5 Å². The zero-order chi connectivity index (χ0) is 12.0. The summed E-state index contributed by atoms with van der Waals surface area (Å²) < 4.78 is 0. The van der Waals surface area contributed by atoms with E-state index in [1.165, 1.54) is 5.56 Å². The molecule has 0 spiro atoms. The fraction of sp³-hybridized carbons (Fsp3) is 0.615. The van der Waals surface area contributed by atoms with Gasteiger partial charge in [-0.3, -0.25) is 4.98 Å². The van der Waals surface area contributed by atoms with Crippen molar-refractivity contribution < 1.29 is 5.11 Å². The molecule has 0 atom stereocenters. The molecule has 0 unspecified atom stereocenters. The van der Waals surface area contributed by atoms with Crippen molar-refractivity contribution in [1.29, 1.82) is 0 Å². The van der Waals surface area contributed by atoms with Gasteiger partial charge in [0, 0.05) is 37.5 Å². The van der Waals surface area contributed by atoms with Crippen LogP contribution in [0.25, 0.3) is 0 Å². The van der Waals surface area contributed by atoms with Gasteiger partial charge < -0.3 is 10.0 Å². The Morgan fingerprint density at radius 3 is 2.50 bits per heavy atom. The summed E-state index contributed by atoms with van der Waals surface area (Å²) in [6, 6.07) is 4.09. The molecule has 3 heteroatoms. The van der Waals surface area contributed by atoms with Crippen molar-refractivity contribution in [3.05, 3.63) is 30.1 Å². The van der Waals surface area contributed by atoms with Gasteiger partial charge in [-0.2, -0.15) is 0 Å². The minimum atomic E-state index is -0.0208. The first-order valence-corrected chi connectivity index (χ1v) is 5.72. The number of aromatic nitrogens is 1. The van der Waals surface area contributed by atoms with Gasteiger partial charge in [-0.05, 0) is 31.2 Å². The molecule has 0 bridgehead atoms. The number of aliphatic hydroxyl groups excluding tert-OH is 1. The molecular formula is C13H22N2O. The molecule has 0 aliphatic heterocycles. The highest BCUT2D eigenvalue weighted by atomic mass is 16.3. The van der Waals surface area contributed by atoms with E-state index in [9.17, 15) is 5.11 Å². The summed E-state index contributed by atoms with van der Waals surface area (Å²) in [6.45, 7) is 6.31. The lowest BCUT2D eigenvalue weighted by molar-refractivity contribution is 0.116. The van der Waals surface area contributed by atoms with Gasteiger partial charge in [-0.25, -0.2) is 0 Å². The predicted octanol–water partition coefficient (Wildman–Crippen LogP) is 1.57. The van der Waals surface area contributed by atoms with Crippen LogP contribution >= 0.6 is 0 Å². The first-order chi connectivity index (χ1) is 7.53. The van der Waals surface area contributed by atoms with Crippen LogP contribution in [0.1, 0.15) is 19.4 Å². The number of likely N-dealkylation sites (N-methyl/N-ethyl adjacent to an activating group) is 1. The van der Waals surface area contributed by atoms with Gasteiger partial charge in [0.25, 0.3) is 0 Å². The molecule has 1 rings (SSSR count). The van der Waals surface area contributed by atoms with Crippen LogP contribution in [0.15, 0.2) is 24.5 Å². The SMILES string of the molecule is CN(CCc1ccncc1)CC(C)(C)CO. The van der Waals surface area contributed by atoms with E-state index in [4.69, 9.17) is 0 Å². The molecule has 1 heterocycles. The van der Waals surface area contributed by atoms with Crippen LogP contribution in [0.4, 0.5) is 0 Å². The minimum Gasteiger partial charge on any atom is -0.396 e. The molecule has 0 radical (unpaired) electrons. The number of aliphatic hydroxyl groups is 1. The van der Waals surface area contributed by atoms with E-state index in [1.54, 1.807) is 0 Å². The summed E-state index contributed by atoms with van der Waals surface area (Å²) in [6.07, 6.45) is 4.68. The summed E-state index contributed by atoms with van der Waals surface area (Å²) in [7, 11) is 2.10. The molecule has 0 aromatic carbocycles. The maximum atomic E-state index is 9.19. The molecule has 90 valence electrons. The van der Waals surface area contributed by atoms with Crippen molar-refractivity contribution in [2.24, 2.45) is 5.41 Å². The molecular weight excluding hydrogens is 200 g/mol. The Bertz CT molecular complexity index is 298. The van der Waals surface area contributed by atoms with Gasteiger partial charge in [0.2, 0.25) is 0 Å². The Labute approximate surface area is 98.1 Å². The second kappa shape index (κ2) is 5.97. The van der Waals surface area contributed by atoms with Crippen LogP contribution < -0.4 is 0 Å². The molecule has 0 amide bonds. The van der Waals surface area contributed by atoms with Crippen molar-refractivity contribution in [1.82, 2.24) is 9.88 Å². The quantitative estimate of drug-likeness (QED) is 0.794. The van der Waals surface area contributed by atoms with Gasteiger partial charge in [-0.15, -0.1) is 0 Å². The Kier molecular flexibility index (Phi) is 4.90. The highest BCUT2D eigenvalue weighted by molar-refractivity contribution is 5.09. The molecule has 1 aromatic rings. The average molecular weight is 222 g/mol. The third-order valence-corrected chi connectivity index (χ3v) is 2.66. The van der Waals surface area contributed by atoms with E-state index in [0.29, 0.717) is 0 Å². The summed E-state index contributed by atoms with van der Waals surface area (Å²) in [5.41, 5.74) is 1.29. The average Bonchev–Trinajstić information content (AvgIpc) is 2.27. The van der Waals surface area contributed by atoms with Crippen LogP contribution in [0.2, 0.25) is 0 Å². The first kappa shape index (κ1) is 13.1. The highest BCUT2D eigenvalue weighted by Gasteiger charge is 2.18. The molecule has 1 aromatic heterocycles. The van der Waals surface area contributed by atoms with Crippen LogP contribution in [-0.4, -0.2) is 41.7 Å². The summed E-state index contributed by atoms with van der Waals surface area (Å²) in [5.74, 6) is 0. The van der Waals surface area contributed by atoms with E-state index in [1.807, 2.05) is 24.5 Å². The molecule has 0 saturated heterocycles. The van der Waals surface area contributed by atoms with E-state index in [2.05, 4.69) is 30.8 Å². The highest BCUT2D eigenvalue weighted by Crippen LogP contribution is 2.14. The topological polar surface area (TPSA) is 36.4 Å². The van der Waals surface area contributed by atoms with Crippen LogP contribution in [0, 0.1) is 5.41 Å². The third-order valence-electron chi connectivity index (χ3n) is 2.66. The van der Waals surface area contributed by atoms with E-state index < -0.39 is 0 Å². The first-order valence-electron chi connectivity index (χ1n) is 5.72. The van der Waals surface area contributed by atoms with Gasteiger partial charge in [0.05, 0.1) is 0 Å². The molecule has 0 aliphatic carbocycles. The number of hydrogen-bond donors (Lipinski definition) is 1. The van der Waals surface area contributed by atoms with Gasteiger partial charge in [-0.1, -0.05) is 13.8 Å². The third kappa shape index (κ3) is 4.73. The Morgan fingerprint density at radius 2 is 1.94 bits per heavy atom. The Hall–Kier alpha value is -0.930. The number of rotatable bonds is 6. The van der Waals surface area contributed by atoms with Crippen LogP contribution in [-0.2, 0) is 6.42 Å². The molecule has 0 fully saturated rings. The number of hydrogen-bond acceptors (Lipinski definition) is 3. The molecule has 3 nitrogen and oxygen atoms in total. The number of nitrogens with zero attached hydrogens (tertiary/aromatic N) is 2. The standard InChI is InChI=1S/C13H22N2O/c1-13(2,11-16)10-15(3)9-6-12-4-7-14-8-5-12/h4-5,7-8,16H,6,9-11H2,1-3H3. The lowest BCUT2D eigenvalue weighted by Gasteiger charge is -2.28. The molecule has 16 heavy (non-hydrogen) atoms. The Balaban J connectivity index is 2.33. The van der Waals surface area contributed by atoms with Gasteiger partial charge in [0.1, 0.15) is 0 Å². The van der Waals surface area contributed by atoms with Crippen molar-refractivity contribution in [3.63, 3.8) is 0 Å². The van der Waals surface area contributed by atoms with E-state index >= 15 is 0 Å². The van der Waals surface area contributed by atoms with Crippen LogP contribution in [0.3, 0.4) is 0 Å². The fourth-order valence-corrected chi connectivity index (χ4v) is 1.73. The van der Waals surface area contributed by atoms with Crippen LogP contribution in [0.5, 0.6) is 0 Å². The zero-order valence-electron chi connectivity index (χ0n) is 10.5. The number of pyridine rings is 1. The van der Waals surface area contributed by atoms with E-state index in [-0.39, 0.29) is 12.0 Å². The second-order valence-corrected chi connectivity index (χ2v) is 5.17. The fourth-order valence-electron chi connectivity index (χ4n) is 1.73. The van der Waals surface area contributed by atoms with Crippen molar-refractivity contribution in [3.8, 4) is 0 Å². The normalized spacial score (nSPS) is 12.1. The zero-order valence-corrected chi connectivity index (χ0v) is 10.5. The largest absolute Gasteiger partial charge is 0.396 e. The lowest BCUT2D eigenvalue weighted by atomic mass is 9.94. The second-order valence-electron chi connectivity index (χ2n) is 5.17. The van der Waals surface area contributed by atoms with Crippen molar-refractivity contribution in [2.45, 2.75) is 20.3 Å². The van der Waals surface area contributed by atoms with Crippen molar-refractivity contribution >= 4 is 0 Å².